The lowest BCUT2D eigenvalue weighted by atomic mass is 10.1. The maximum atomic E-state index is 12.8. The molecule has 36 heavy (non-hydrogen) atoms. The molecule has 3 heterocycles. The van der Waals surface area contributed by atoms with Crippen molar-refractivity contribution in [1.29, 1.82) is 0 Å². The summed E-state index contributed by atoms with van der Waals surface area (Å²) < 4.78 is 11.2. The molecule has 2 bridgehead atoms. The predicted molar refractivity (Wildman–Crippen MR) is 138 cm³/mol. The van der Waals surface area contributed by atoms with Gasteiger partial charge < -0.3 is 35.2 Å². The maximum absolute atomic E-state index is 12.8. The van der Waals surface area contributed by atoms with E-state index < -0.39 is 0 Å². The molecule has 0 fully saturated rings. The van der Waals surface area contributed by atoms with Gasteiger partial charge in [-0.2, -0.15) is 0 Å². The Labute approximate surface area is 210 Å². The third-order valence-corrected chi connectivity index (χ3v) is 6.29. The molecule has 11 heteroatoms. The van der Waals surface area contributed by atoms with Gasteiger partial charge in [-0.25, -0.2) is 9.97 Å². The van der Waals surface area contributed by atoms with Crippen molar-refractivity contribution in [3.8, 4) is 11.5 Å². The fourth-order valence-electron chi connectivity index (χ4n) is 4.40. The first-order chi connectivity index (χ1) is 17.4. The fourth-order valence-corrected chi connectivity index (χ4v) is 4.40. The monoisotopic (exact) mass is 495 g/mol. The average molecular weight is 496 g/mol. The quantitative estimate of drug-likeness (QED) is 0.577. The SMILES string of the molecule is COc1cc2cc(c1OC)CN(C)CCCC(=O)N(C)CCCNc1ncnc3c1/C(=C\N2)C(=O)N3. The summed E-state index contributed by atoms with van der Waals surface area (Å²) in [5.41, 5.74) is 2.69. The van der Waals surface area contributed by atoms with E-state index in [9.17, 15) is 9.59 Å². The number of aromatic nitrogens is 2. The molecule has 2 amide bonds. The number of hydrogen-bond donors (Lipinski definition) is 3. The van der Waals surface area contributed by atoms with Crippen LogP contribution in [-0.2, 0) is 16.1 Å². The minimum absolute atomic E-state index is 0.120. The Bertz CT molecular complexity index is 1170. The van der Waals surface area contributed by atoms with Crippen LogP contribution in [0.15, 0.2) is 24.7 Å². The standard InChI is InChI=1S/C25H33N7O4/c1-31-9-5-7-20(33)32(2)10-6-8-26-23-21-18(25(34)30-24(21)29-15-28-23)13-27-17-11-16(14-31)22(36-4)19(12-17)35-3/h11-13,15,27H,5-10,14H2,1-4H3,(H2,26,28,29,30,34)/b18-13+. The molecule has 4 rings (SSSR count). The van der Waals surface area contributed by atoms with Gasteiger partial charge >= 0.3 is 0 Å². The van der Waals surface area contributed by atoms with E-state index >= 15 is 0 Å². The van der Waals surface area contributed by atoms with Crippen LogP contribution in [0, 0.1) is 0 Å². The van der Waals surface area contributed by atoms with Gasteiger partial charge in [0.05, 0.1) is 25.4 Å². The van der Waals surface area contributed by atoms with Gasteiger partial charge in [-0.05, 0) is 32.5 Å². The Kier molecular flexibility index (Phi) is 7.89. The van der Waals surface area contributed by atoms with Crippen LogP contribution in [0.3, 0.4) is 0 Å². The smallest absolute Gasteiger partial charge is 0.259 e. The number of carbonyl (C=O) groups excluding carboxylic acids is 2. The van der Waals surface area contributed by atoms with E-state index in [-0.39, 0.29) is 11.8 Å². The lowest BCUT2D eigenvalue weighted by Gasteiger charge is -2.21. The van der Waals surface area contributed by atoms with E-state index in [4.69, 9.17) is 9.47 Å². The van der Waals surface area contributed by atoms with Crippen molar-refractivity contribution in [3.63, 3.8) is 0 Å². The normalized spacial score (nSPS) is 18.9. The van der Waals surface area contributed by atoms with Gasteiger partial charge in [-0.3, -0.25) is 9.59 Å². The first kappa shape index (κ1) is 25.2. The molecule has 2 aromatic rings. The van der Waals surface area contributed by atoms with E-state index in [2.05, 4.69) is 30.8 Å². The van der Waals surface area contributed by atoms with Crippen molar-refractivity contribution in [1.82, 2.24) is 19.8 Å². The van der Waals surface area contributed by atoms with Crippen LogP contribution in [0.1, 0.15) is 30.4 Å². The molecule has 0 aliphatic carbocycles. The highest BCUT2D eigenvalue weighted by Crippen LogP contribution is 2.37. The summed E-state index contributed by atoms with van der Waals surface area (Å²) in [6, 6.07) is 3.79. The van der Waals surface area contributed by atoms with Crippen LogP contribution in [0.5, 0.6) is 11.5 Å². The van der Waals surface area contributed by atoms with Gasteiger partial charge in [0.25, 0.3) is 5.91 Å². The summed E-state index contributed by atoms with van der Waals surface area (Å²) in [5.74, 6) is 2.10. The predicted octanol–water partition coefficient (Wildman–Crippen LogP) is 2.38. The van der Waals surface area contributed by atoms with E-state index in [0.717, 1.165) is 30.6 Å². The number of benzene rings is 1. The number of nitrogens with zero attached hydrogens (tertiary/aromatic N) is 4. The molecule has 1 aromatic carbocycles. The number of methoxy groups -OCH3 is 2. The van der Waals surface area contributed by atoms with E-state index in [1.54, 1.807) is 25.3 Å². The molecule has 0 radical (unpaired) electrons. The molecule has 1 aromatic heterocycles. The molecule has 192 valence electrons. The zero-order valence-electron chi connectivity index (χ0n) is 21.2. The van der Waals surface area contributed by atoms with Crippen molar-refractivity contribution in [3.05, 3.63) is 35.8 Å². The zero-order chi connectivity index (χ0) is 25.7. The van der Waals surface area contributed by atoms with Crippen LogP contribution < -0.4 is 25.4 Å². The number of carbonyl (C=O) groups is 2. The first-order valence-corrected chi connectivity index (χ1v) is 12.0. The van der Waals surface area contributed by atoms with Crippen molar-refractivity contribution in [2.24, 2.45) is 0 Å². The molecule has 0 unspecified atom stereocenters. The average Bonchev–Trinajstić information content (AvgIpc) is 3.19. The lowest BCUT2D eigenvalue weighted by Crippen LogP contribution is -2.29. The van der Waals surface area contributed by atoms with Gasteiger partial charge in [0, 0.05) is 56.6 Å². The Morgan fingerprint density at radius 3 is 2.58 bits per heavy atom. The Morgan fingerprint density at radius 2 is 1.81 bits per heavy atom. The summed E-state index contributed by atoms with van der Waals surface area (Å²) in [5, 5.41) is 9.34. The molecule has 11 nitrogen and oxygen atoms in total. The number of rotatable bonds is 2. The number of amides is 2. The Balaban J connectivity index is 1.71. The number of hydrogen-bond acceptors (Lipinski definition) is 9. The van der Waals surface area contributed by atoms with Gasteiger partial charge in [0.15, 0.2) is 11.5 Å². The minimum atomic E-state index is -0.266. The van der Waals surface area contributed by atoms with Crippen molar-refractivity contribution < 1.29 is 19.1 Å². The molecule has 0 atom stereocenters. The number of fused-ring (bicyclic) bond motifs is 2. The molecular formula is C25H33N7O4. The van der Waals surface area contributed by atoms with Crippen LogP contribution >= 0.6 is 0 Å². The number of nitrogens with one attached hydrogen (secondary N) is 3. The fraction of sp³-hybridized carbons (Fsp3) is 0.440. The molecular weight excluding hydrogens is 462 g/mol. The highest BCUT2D eigenvalue weighted by molar-refractivity contribution is 6.32. The summed E-state index contributed by atoms with van der Waals surface area (Å²) in [4.78, 5) is 37.8. The Hall–Kier alpha value is -3.86. The second-order valence-corrected chi connectivity index (χ2v) is 8.91. The highest BCUT2D eigenvalue weighted by Gasteiger charge is 2.29. The Morgan fingerprint density at radius 1 is 1.00 bits per heavy atom. The van der Waals surface area contributed by atoms with E-state index in [0.29, 0.717) is 60.3 Å². The van der Waals surface area contributed by atoms with Gasteiger partial charge in [-0.15, -0.1) is 0 Å². The van der Waals surface area contributed by atoms with Gasteiger partial charge in [0.2, 0.25) is 5.91 Å². The molecule has 2 aliphatic heterocycles. The lowest BCUT2D eigenvalue weighted by molar-refractivity contribution is -0.130. The van der Waals surface area contributed by atoms with E-state index in [1.807, 2.05) is 26.2 Å². The maximum Gasteiger partial charge on any atom is 0.259 e. The van der Waals surface area contributed by atoms with Crippen molar-refractivity contribution >= 4 is 34.7 Å². The van der Waals surface area contributed by atoms with Crippen LogP contribution in [0.25, 0.3) is 5.57 Å². The van der Waals surface area contributed by atoms with Gasteiger partial charge in [0.1, 0.15) is 18.0 Å². The first-order valence-electron chi connectivity index (χ1n) is 12.0. The molecule has 3 N–H and O–H groups in total. The minimum Gasteiger partial charge on any atom is -0.493 e. The molecule has 0 spiro atoms. The molecule has 0 saturated heterocycles. The second kappa shape index (κ2) is 11.3. The molecule has 2 aliphatic rings. The highest BCUT2D eigenvalue weighted by atomic mass is 16.5. The van der Waals surface area contributed by atoms with Crippen LogP contribution in [-0.4, -0.2) is 79.5 Å². The summed E-state index contributed by atoms with van der Waals surface area (Å²) in [6.45, 7) is 2.57. The van der Waals surface area contributed by atoms with Gasteiger partial charge in [-0.1, -0.05) is 0 Å². The van der Waals surface area contributed by atoms with Crippen LogP contribution in [0.4, 0.5) is 17.3 Å². The van der Waals surface area contributed by atoms with E-state index in [1.165, 1.54) is 6.33 Å². The van der Waals surface area contributed by atoms with Crippen molar-refractivity contribution in [2.75, 3.05) is 63.9 Å². The largest absolute Gasteiger partial charge is 0.493 e. The summed E-state index contributed by atoms with van der Waals surface area (Å²) >= 11 is 0. The third kappa shape index (κ3) is 5.51. The number of anilines is 3. The third-order valence-electron chi connectivity index (χ3n) is 6.29. The second-order valence-electron chi connectivity index (χ2n) is 8.91. The molecule has 0 saturated carbocycles. The van der Waals surface area contributed by atoms with Crippen molar-refractivity contribution in [2.45, 2.75) is 25.8 Å². The topological polar surface area (TPSA) is 121 Å². The zero-order valence-corrected chi connectivity index (χ0v) is 21.2. The van der Waals surface area contributed by atoms with Crippen LogP contribution in [0.2, 0.25) is 0 Å². The number of ether oxygens (including phenoxy) is 2. The summed E-state index contributed by atoms with van der Waals surface area (Å²) in [7, 11) is 7.04. The summed E-state index contributed by atoms with van der Waals surface area (Å²) in [6.07, 6.45) is 5.05.